The van der Waals surface area contributed by atoms with E-state index in [2.05, 4.69) is 4.90 Å². The molecule has 0 spiro atoms. The van der Waals surface area contributed by atoms with Gasteiger partial charge >= 0.3 is 6.18 Å². The number of hydrogen-bond acceptors (Lipinski definition) is 3. The first kappa shape index (κ1) is 16.3. The molecule has 1 aromatic rings. The lowest BCUT2D eigenvalue weighted by molar-refractivity contribution is -0.138. The largest absolute Gasteiger partial charge is 0.416 e. The zero-order valence-electron chi connectivity index (χ0n) is 12.8. The number of amides is 1. The van der Waals surface area contributed by atoms with Gasteiger partial charge in [-0.25, -0.2) is 0 Å². The lowest BCUT2D eigenvalue weighted by atomic mass is 10.1. The van der Waals surface area contributed by atoms with Crippen LogP contribution in [0.3, 0.4) is 0 Å². The summed E-state index contributed by atoms with van der Waals surface area (Å²) in [6.45, 7) is 2.92. The summed E-state index contributed by atoms with van der Waals surface area (Å²) in [6.07, 6.45) is -2.83. The Balaban J connectivity index is 1.56. The third-order valence-electron chi connectivity index (χ3n) is 4.53. The van der Waals surface area contributed by atoms with Crippen LogP contribution in [0, 0.1) is 0 Å². The summed E-state index contributed by atoms with van der Waals surface area (Å²) in [5.74, 6) is 0.0104. The number of nitrogens with zero attached hydrogens (tertiary/aromatic N) is 2. The standard InChI is InChI=1S/C16H20F3N3O/c17-16(18,19)13-3-1-2-12(10-13)11-21-6-8-22(9-7-21)14(23)15(20)4-5-15/h1-3,10H,4-9,11,20H2. The minimum atomic E-state index is -4.32. The number of rotatable bonds is 3. The second-order valence-corrected chi connectivity index (χ2v) is 6.42. The Morgan fingerprint density at radius 3 is 2.39 bits per heavy atom. The summed E-state index contributed by atoms with van der Waals surface area (Å²) >= 11 is 0. The topological polar surface area (TPSA) is 49.6 Å². The van der Waals surface area contributed by atoms with Crippen LogP contribution in [0.5, 0.6) is 0 Å². The van der Waals surface area contributed by atoms with Gasteiger partial charge in [0, 0.05) is 32.7 Å². The number of halogens is 3. The van der Waals surface area contributed by atoms with Gasteiger partial charge in [0.2, 0.25) is 5.91 Å². The maximum atomic E-state index is 12.7. The van der Waals surface area contributed by atoms with Crippen molar-refractivity contribution in [1.82, 2.24) is 9.80 Å². The van der Waals surface area contributed by atoms with Crippen LogP contribution in [0.15, 0.2) is 24.3 Å². The lowest BCUT2D eigenvalue weighted by Crippen LogP contribution is -2.53. The maximum Gasteiger partial charge on any atom is 0.416 e. The lowest BCUT2D eigenvalue weighted by Gasteiger charge is -2.36. The highest BCUT2D eigenvalue weighted by Crippen LogP contribution is 2.34. The van der Waals surface area contributed by atoms with Crippen molar-refractivity contribution in [1.29, 1.82) is 0 Å². The van der Waals surface area contributed by atoms with Crippen LogP contribution < -0.4 is 5.73 Å². The van der Waals surface area contributed by atoms with E-state index in [-0.39, 0.29) is 5.91 Å². The van der Waals surface area contributed by atoms with Crippen molar-refractivity contribution in [2.45, 2.75) is 31.1 Å². The van der Waals surface area contributed by atoms with Crippen LogP contribution in [0.25, 0.3) is 0 Å². The number of hydrogen-bond donors (Lipinski definition) is 1. The molecule has 0 aromatic heterocycles. The summed E-state index contributed by atoms with van der Waals surface area (Å²) in [6, 6.07) is 5.40. The van der Waals surface area contributed by atoms with Gasteiger partial charge in [-0.05, 0) is 24.5 Å². The molecule has 0 atom stereocenters. The number of carbonyl (C=O) groups is 1. The van der Waals surface area contributed by atoms with Gasteiger partial charge < -0.3 is 10.6 Å². The SMILES string of the molecule is NC1(C(=O)N2CCN(Cc3cccc(C(F)(F)F)c3)CC2)CC1. The molecule has 1 aromatic carbocycles. The van der Waals surface area contributed by atoms with E-state index < -0.39 is 17.3 Å². The number of nitrogens with two attached hydrogens (primary N) is 1. The van der Waals surface area contributed by atoms with Crippen molar-refractivity contribution in [3.05, 3.63) is 35.4 Å². The van der Waals surface area contributed by atoms with E-state index in [1.807, 2.05) is 0 Å². The Kier molecular flexibility index (Phi) is 4.10. The smallest absolute Gasteiger partial charge is 0.339 e. The number of piperazine rings is 1. The second-order valence-electron chi connectivity index (χ2n) is 6.42. The van der Waals surface area contributed by atoms with Gasteiger partial charge in [-0.15, -0.1) is 0 Å². The molecule has 1 heterocycles. The van der Waals surface area contributed by atoms with Crippen LogP contribution in [0.2, 0.25) is 0 Å². The van der Waals surface area contributed by atoms with Crippen LogP contribution in [0.1, 0.15) is 24.0 Å². The van der Waals surface area contributed by atoms with E-state index in [1.165, 1.54) is 12.1 Å². The zero-order chi connectivity index (χ0) is 16.7. The molecule has 23 heavy (non-hydrogen) atoms. The highest BCUT2D eigenvalue weighted by Gasteiger charge is 2.48. The normalized spacial score (nSPS) is 21.3. The van der Waals surface area contributed by atoms with Gasteiger partial charge in [0.25, 0.3) is 0 Å². The first-order valence-corrected chi connectivity index (χ1v) is 7.75. The van der Waals surface area contributed by atoms with Crippen LogP contribution in [-0.2, 0) is 17.5 Å². The first-order chi connectivity index (χ1) is 10.8. The fourth-order valence-electron chi connectivity index (χ4n) is 2.88. The Hall–Kier alpha value is -1.60. The summed E-state index contributed by atoms with van der Waals surface area (Å²) in [7, 11) is 0. The highest BCUT2D eigenvalue weighted by molar-refractivity contribution is 5.89. The summed E-state index contributed by atoms with van der Waals surface area (Å²) < 4.78 is 38.2. The maximum absolute atomic E-state index is 12.7. The van der Waals surface area contributed by atoms with E-state index >= 15 is 0 Å². The molecule has 2 fully saturated rings. The predicted octanol–water partition coefficient (Wildman–Crippen LogP) is 1.84. The number of carbonyl (C=O) groups excluding carboxylic acids is 1. The Morgan fingerprint density at radius 2 is 1.83 bits per heavy atom. The fourth-order valence-corrected chi connectivity index (χ4v) is 2.88. The molecule has 1 aliphatic carbocycles. The van der Waals surface area contributed by atoms with Crippen LogP contribution >= 0.6 is 0 Å². The summed E-state index contributed by atoms with van der Waals surface area (Å²) in [5.41, 5.74) is 5.29. The van der Waals surface area contributed by atoms with E-state index in [4.69, 9.17) is 5.73 Å². The van der Waals surface area contributed by atoms with Gasteiger partial charge in [-0.2, -0.15) is 13.2 Å². The molecule has 3 rings (SSSR count). The second kappa shape index (κ2) is 5.79. The van der Waals surface area contributed by atoms with E-state index in [0.29, 0.717) is 38.3 Å². The first-order valence-electron chi connectivity index (χ1n) is 7.75. The van der Waals surface area contributed by atoms with Crippen molar-refractivity contribution in [3.8, 4) is 0 Å². The third-order valence-corrected chi connectivity index (χ3v) is 4.53. The van der Waals surface area contributed by atoms with Crippen molar-refractivity contribution >= 4 is 5.91 Å². The minimum absolute atomic E-state index is 0.0104. The molecule has 4 nitrogen and oxygen atoms in total. The quantitative estimate of drug-likeness (QED) is 0.922. The fraction of sp³-hybridized carbons (Fsp3) is 0.562. The van der Waals surface area contributed by atoms with E-state index in [1.54, 1.807) is 11.0 Å². The van der Waals surface area contributed by atoms with E-state index in [9.17, 15) is 18.0 Å². The molecule has 2 aliphatic rings. The monoisotopic (exact) mass is 327 g/mol. The van der Waals surface area contributed by atoms with Crippen molar-refractivity contribution < 1.29 is 18.0 Å². The van der Waals surface area contributed by atoms with Crippen LogP contribution in [-0.4, -0.2) is 47.4 Å². The molecule has 0 bridgehead atoms. The molecule has 0 radical (unpaired) electrons. The summed E-state index contributed by atoms with van der Waals surface area (Å²) in [5, 5.41) is 0. The Morgan fingerprint density at radius 1 is 1.17 bits per heavy atom. The van der Waals surface area contributed by atoms with Gasteiger partial charge in [0.15, 0.2) is 0 Å². The number of benzene rings is 1. The predicted molar refractivity (Wildman–Crippen MR) is 79.5 cm³/mol. The number of alkyl halides is 3. The van der Waals surface area contributed by atoms with Gasteiger partial charge in [0.1, 0.15) is 0 Å². The average molecular weight is 327 g/mol. The molecule has 1 saturated carbocycles. The highest BCUT2D eigenvalue weighted by atomic mass is 19.4. The Bertz CT molecular complexity index is 590. The van der Waals surface area contributed by atoms with E-state index in [0.717, 1.165) is 18.9 Å². The molecule has 0 unspecified atom stereocenters. The minimum Gasteiger partial charge on any atom is -0.339 e. The van der Waals surface area contributed by atoms with Crippen LogP contribution in [0.4, 0.5) is 13.2 Å². The zero-order valence-corrected chi connectivity index (χ0v) is 12.8. The van der Waals surface area contributed by atoms with Gasteiger partial charge in [-0.3, -0.25) is 9.69 Å². The Labute approximate surface area is 133 Å². The molecule has 1 saturated heterocycles. The summed E-state index contributed by atoms with van der Waals surface area (Å²) in [4.78, 5) is 16.0. The third kappa shape index (κ3) is 3.67. The molecule has 1 aliphatic heterocycles. The molecular weight excluding hydrogens is 307 g/mol. The average Bonchev–Trinajstić information content (AvgIpc) is 3.26. The molecule has 126 valence electrons. The molecule has 2 N–H and O–H groups in total. The molecular formula is C16H20F3N3O. The van der Waals surface area contributed by atoms with Crippen molar-refractivity contribution in [2.24, 2.45) is 5.73 Å². The van der Waals surface area contributed by atoms with Crippen molar-refractivity contribution in [2.75, 3.05) is 26.2 Å². The molecule has 7 heteroatoms. The molecule has 1 amide bonds. The van der Waals surface area contributed by atoms with Crippen molar-refractivity contribution in [3.63, 3.8) is 0 Å². The van der Waals surface area contributed by atoms with Gasteiger partial charge in [0.05, 0.1) is 11.1 Å². The van der Waals surface area contributed by atoms with Gasteiger partial charge in [-0.1, -0.05) is 18.2 Å².